The molecule has 0 aromatic heterocycles. The number of aliphatic hydroxyl groups excluding tert-OH is 1. The van der Waals surface area contributed by atoms with E-state index in [9.17, 15) is 14.7 Å². The lowest BCUT2D eigenvalue weighted by Gasteiger charge is -2.47. The van der Waals surface area contributed by atoms with Crippen LogP contribution in [0.1, 0.15) is 90.2 Å². The van der Waals surface area contributed by atoms with Gasteiger partial charge in [-0.15, -0.1) is 0 Å². The maximum atomic E-state index is 14.5. The average molecular weight is 595 g/mol. The van der Waals surface area contributed by atoms with Crippen LogP contribution < -0.4 is 0 Å². The van der Waals surface area contributed by atoms with Gasteiger partial charge in [0, 0.05) is 44.9 Å². The molecule has 234 valence electrons. The maximum Gasteiger partial charge on any atom is 0.348 e. The van der Waals surface area contributed by atoms with Gasteiger partial charge in [0.25, 0.3) is 0 Å². The molecule has 0 aliphatic carbocycles. The molecule has 3 aliphatic rings. The topological polar surface area (TPSA) is 91.3 Å². The van der Waals surface area contributed by atoms with E-state index in [1.165, 1.54) is 43.3 Å². The molecule has 2 bridgehead atoms. The number of benzene rings is 2. The number of aliphatic hydroxyl groups is 1. The smallest absolute Gasteiger partial charge is 0.348 e. The molecule has 2 aromatic rings. The fourth-order valence-corrected chi connectivity index (χ4v) is 7.67. The van der Waals surface area contributed by atoms with Crippen LogP contribution in [0.4, 0.5) is 0 Å². The van der Waals surface area contributed by atoms with E-state index in [1.807, 2.05) is 60.7 Å². The summed E-state index contributed by atoms with van der Waals surface area (Å²) in [6.07, 6.45) is 4.25. The third kappa shape index (κ3) is 6.98. The molecule has 0 amide bonds. The van der Waals surface area contributed by atoms with Gasteiger partial charge in [-0.1, -0.05) is 60.7 Å². The fraction of sp³-hybridized carbons (Fsp3) is 0.600. The van der Waals surface area contributed by atoms with Crippen molar-refractivity contribution in [2.24, 2.45) is 0 Å². The normalized spacial score (nSPS) is 24.4. The second kappa shape index (κ2) is 13.1. The summed E-state index contributed by atoms with van der Waals surface area (Å²) < 4.78 is 25.3. The number of piperidine rings is 1. The summed E-state index contributed by atoms with van der Waals surface area (Å²) >= 11 is 0. The van der Waals surface area contributed by atoms with Crippen molar-refractivity contribution >= 4 is 11.9 Å². The van der Waals surface area contributed by atoms with Crippen LogP contribution in [0.25, 0.3) is 0 Å². The van der Waals surface area contributed by atoms with E-state index in [1.54, 1.807) is 27.7 Å². The molecular formula is C35H48NO7+. The van der Waals surface area contributed by atoms with Gasteiger partial charge in [-0.3, -0.25) is 4.79 Å². The Labute approximate surface area is 255 Å². The molecule has 3 fully saturated rings. The largest absolute Gasteiger partial charge is 0.460 e. The highest BCUT2D eigenvalue weighted by Crippen LogP contribution is 2.47. The van der Waals surface area contributed by atoms with E-state index < -0.39 is 35.7 Å². The van der Waals surface area contributed by atoms with Crippen LogP contribution >= 0.6 is 0 Å². The molecule has 0 saturated carbocycles. The SMILES string of the molecule is CC(OC(O)CCC(=O)OC(C)(C)C)OC(C(=O)OC1CC2CCC(C1)[N+]21CCCC1)(c1ccccc1)c1ccccc1. The maximum absolute atomic E-state index is 14.5. The molecule has 5 rings (SSSR count). The molecule has 4 unspecified atom stereocenters. The van der Waals surface area contributed by atoms with E-state index >= 15 is 0 Å². The Morgan fingerprint density at radius 2 is 1.44 bits per heavy atom. The van der Waals surface area contributed by atoms with Gasteiger partial charge in [0.15, 0.2) is 12.6 Å². The number of carbonyl (C=O) groups is 2. The van der Waals surface area contributed by atoms with Crippen molar-refractivity contribution in [3.05, 3.63) is 71.8 Å². The molecule has 3 aliphatic heterocycles. The summed E-state index contributed by atoms with van der Waals surface area (Å²) in [7, 11) is 0. The first-order valence-corrected chi connectivity index (χ1v) is 15.9. The highest BCUT2D eigenvalue weighted by atomic mass is 16.7. The third-order valence-corrected chi connectivity index (χ3v) is 9.39. The molecule has 0 radical (unpaired) electrons. The molecular weight excluding hydrogens is 546 g/mol. The quantitative estimate of drug-likeness (QED) is 0.206. The van der Waals surface area contributed by atoms with Crippen LogP contribution in [0.2, 0.25) is 0 Å². The number of hydrogen-bond acceptors (Lipinski definition) is 7. The van der Waals surface area contributed by atoms with Crippen molar-refractivity contribution in [2.45, 2.75) is 121 Å². The lowest BCUT2D eigenvalue weighted by molar-refractivity contribution is -0.956. The zero-order chi connectivity index (χ0) is 30.7. The molecule has 2 aromatic carbocycles. The van der Waals surface area contributed by atoms with Gasteiger partial charge in [-0.2, -0.15) is 0 Å². The zero-order valence-electron chi connectivity index (χ0n) is 26.1. The second-order valence-corrected chi connectivity index (χ2v) is 13.5. The number of quaternary nitrogens is 1. The van der Waals surface area contributed by atoms with Crippen molar-refractivity contribution in [1.82, 2.24) is 0 Å². The molecule has 8 nitrogen and oxygen atoms in total. The summed E-state index contributed by atoms with van der Waals surface area (Å²) in [6, 6.07) is 19.8. The number of ether oxygens (including phenoxy) is 4. The first-order chi connectivity index (χ1) is 20.5. The molecule has 1 spiro atoms. The third-order valence-electron chi connectivity index (χ3n) is 9.39. The summed E-state index contributed by atoms with van der Waals surface area (Å²) in [4.78, 5) is 26.7. The van der Waals surface area contributed by atoms with Crippen molar-refractivity contribution < 1.29 is 38.1 Å². The van der Waals surface area contributed by atoms with Crippen LogP contribution in [-0.2, 0) is 34.1 Å². The van der Waals surface area contributed by atoms with Crippen molar-refractivity contribution in [3.63, 3.8) is 0 Å². The number of rotatable bonds is 11. The van der Waals surface area contributed by atoms with Crippen LogP contribution in [0, 0.1) is 0 Å². The lowest BCUT2D eigenvalue weighted by Crippen LogP contribution is -2.60. The average Bonchev–Trinajstić information content (AvgIpc) is 3.51. The predicted molar refractivity (Wildman–Crippen MR) is 162 cm³/mol. The van der Waals surface area contributed by atoms with Gasteiger partial charge in [-0.05, 0) is 38.8 Å². The van der Waals surface area contributed by atoms with Crippen LogP contribution in [0.15, 0.2) is 60.7 Å². The molecule has 3 heterocycles. The highest BCUT2D eigenvalue weighted by Gasteiger charge is 2.57. The Morgan fingerprint density at radius 1 is 0.907 bits per heavy atom. The minimum Gasteiger partial charge on any atom is -0.460 e. The molecule has 3 saturated heterocycles. The Bertz CT molecular complexity index is 1170. The molecule has 1 N–H and O–H groups in total. The highest BCUT2D eigenvalue weighted by molar-refractivity contribution is 5.86. The molecule has 43 heavy (non-hydrogen) atoms. The van der Waals surface area contributed by atoms with E-state index in [0.29, 0.717) is 23.2 Å². The molecule has 4 atom stereocenters. The van der Waals surface area contributed by atoms with Gasteiger partial charge in [0.05, 0.1) is 31.6 Å². The minimum atomic E-state index is -1.62. The Kier molecular flexibility index (Phi) is 9.61. The Hall–Kier alpha value is -2.78. The summed E-state index contributed by atoms with van der Waals surface area (Å²) in [5.41, 5.74) is -0.999. The van der Waals surface area contributed by atoms with Crippen LogP contribution in [-0.4, -0.2) is 71.0 Å². The van der Waals surface area contributed by atoms with Gasteiger partial charge in [-0.25, -0.2) is 4.79 Å². The molecule has 8 heteroatoms. The van der Waals surface area contributed by atoms with E-state index in [4.69, 9.17) is 18.9 Å². The Morgan fingerprint density at radius 3 is 1.95 bits per heavy atom. The standard InChI is InChI=1S/C35H48NO7/c1-25(40-31(37)19-20-32(38)43-34(2,3)4)42-35(26-13-7-5-8-14-26,27-15-9-6-10-16-27)33(39)41-30-23-28-17-18-29(24-30)36(28)21-11-12-22-36/h5-10,13-16,25,28-31,37H,11-12,17-24H2,1-4H3/q+1. The van der Waals surface area contributed by atoms with Crippen molar-refractivity contribution in [1.29, 1.82) is 0 Å². The van der Waals surface area contributed by atoms with Crippen LogP contribution in [0.5, 0.6) is 0 Å². The Balaban J connectivity index is 1.36. The predicted octanol–water partition coefficient (Wildman–Crippen LogP) is 5.60. The van der Waals surface area contributed by atoms with Gasteiger partial charge >= 0.3 is 11.9 Å². The number of nitrogens with zero attached hydrogens (tertiary/aromatic N) is 1. The number of hydrogen-bond donors (Lipinski definition) is 1. The first kappa shape index (κ1) is 31.6. The summed E-state index contributed by atoms with van der Waals surface area (Å²) in [6.45, 7) is 9.54. The van der Waals surface area contributed by atoms with E-state index in [-0.39, 0.29) is 18.9 Å². The second-order valence-electron chi connectivity index (χ2n) is 13.5. The first-order valence-electron chi connectivity index (χ1n) is 15.9. The van der Waals surface area contributed by atoms with Crippen molar-refractivity contribution in [2.75, 3.05) is 13.1 Å². The minimum absolute atomic E-state index is 0.0142. The van der Waals surface area contributed by atoms with Gasteiger partial charge in [0.2, 0.25) is 5.60 Å². The zero-order valence-corrected chi connectivity index (χ0v) is 26.1. The van der Waals surface area contributed by atoms with Gasteiger partial charge in [0.1, 0.15) is 11.7 Å². The van der Waals surface area contributed by atoms with Crippen LogP contribution in [0.3, 0.4) is 0 Å². The van der Waals surface area contributed by atoms with E-state index in [0.717, 1.165) is 12.8 Å². The fourth-order valence-electron chi connectivity index (χ4n) is 7.67. The van der Waals surface area contributed by atoms with E-state index in [2.05, 4.69) is 0 Å². The van der Waals surface area contributed by atoms with Gasteiger partial charge < -0.3 is 28.5 Å². The van der Waals surface area contributed by atoms with Crippen molar-refractivity contribution in [3.8, 4) is 0 Å². The summed E-state index contributed by atoms with van der Waals surface area (Å²) in [5, 5.41) is 10.6. The monoisotopic (exact) mass is 594 g/mol. The number of carbonyl (C=O) groups excluding carboxylic acids is 2. The number of esters is 2. The summed E-state index contributed by atoms with van der Waals surface area (Å²) in [5.74, 6) is -0.905. The lowest BCUT2D eigenvalue weighted by atomic mass is 9.85.